The summed E-state index contributed by atoms with van der Waals surface area (Å²) in [6.07, 6.45) is 1.36. The minimum atomic E-state index is -1.26. The highest BCUT2D eigenvalue weighted by molar-refractivity contribution is 7.99. The summed E-state index contributed by atoms with van der Waals surface area (Å²) in [7, 11) is -1.26. The first-order valence-corrected chi connectivity index (χ1v) is 3.04. The highest BCUT2D eigenvalue weighted by Crippen LogP contribution is 1.70. The summed E-state index contributed by atoms with van der Waals surface area (Å²) in [4.78, 5) is 9.84. The molecule has 1 atom stereocenters. The van der Waals surface area contributed by atoms with Gasteiger partial charge in [0.2, 0.25) is 5.12 Å². The molecule has 0 aliphatic heterocycles. The van der Waals surface area contributed by atoms with Gasteiger partial charge >= 0.3 is 0 Å². The van der Waals surface area contributed by atoms with Gasteiger partial charge in [-0.05, 0) is 0 Å². The van der Waals surface area contributed by atoms with Crippen LogP contribution in [-0.2, 0) is 15.6 Å². The van der Waals surface area contributed by atoms with E-state index < -0.39 is 10.8 Å². The van der Waals surface area contributed by atoms with Gasteiger partial charge in [0.1, 0.15) is 0 Å². The topological polar surface area (TPSA) is 34.1 Å². The standard InChI is InChI=1S/C3H6O2S/c1-3(4)6(2)5/h1-2H3. The summed E-state index contributed by atoms with van der Waals surface area (Å²) in [6, 6.07) is 0. The summed E-state index contributed by atoms with van der Waals surface area (Å²) >= 11 is 0. The van der Waals surface area contributed by atoms with E-state index in [0.717, 1.165) is 0 Å². The first-order valence-electron chi connectivity index (χ1n) is 1.48. The van der Waals surface area contributed by atoms with Crippen LogP contribution in [0.3, 0.4) is 0 Å². The Balaban J connectivity index is 3.57. The molecule has 2 nitrogen and oxygen atoms in total. The van der Waals surface area contributed by atoms with Crippen molar-refractivity contribution in [2.24, 2.45) is 0 Å². The van der Waals surface area contributed by atoms with Crippen LogP contribution in [0.2, 0.25) is 0 Å². The van der Waals surface area contributed by atoms with Gasteiger partial charge < -0.3 is 0 Å². The van der Waals surface area contributed by atoms with Crippen molar-refractivity contribution in [3.63, 3.8) is 0 Å². The Kier molecular flexibility index (Phi) is 2.01. The third-order valence-electron chi connectivity index (χ3n) is 0.405. The molecule has 3 heteroatoms. The maximum Gasteiger partial charge on any atom is 0.215 e. The quantitative estimate of drug-likeness (QED) is 0.432. The van der Waals surface area contributed by atoms with E-state index >= 15 is 0 Å². The van der Waals surface area contributed by atoms with Crippen molar-refractivity contribution in [2.75, 3.05) is 6.26 Å². The van der Waals surface area contributed by atoms with Crippen molar-refractivity contribution in [1.29, 1.82) is 0 Å². The van der Waals surface area contributed by atoms with E-state index in [1.165, 1.54) is 13.2 Å². The van der Waals surface area contributed by atoms with Gasteiger partial charge in [-0.3, -0.25) is 9.00 Å². The second kappa shape index (κ2) is 2.08. The highest BCUT2D eigenvalue weighted by atomic mass is 32.2. The molecule has 6 heavy (non-hydrogen) atoms. The second-order valence-corrected chi connectivity index (χ2v) is 2.43. The minimum Gasteiger partial charge on any atom is -0.285 e. The van der Waals surface area contributed by atoms with Gasteiger partial charge in [0.05, 0.1) is 10.8 Å². The summed E-state index contributed by atoms with van der Waals surface area (Å²) in [5.74, 6) is 0. The van der Waals surface area contributed by atoms with Gasteiger partial charge in [0, 0.05) is 13.2 Å². The lowest BCUT2D eigenvalue weighted by atomic mass is 10.9. The van der Waals surface area contributed by atoms with E-state index in [4.69, 9.17) is 0 Å². The molecule has 0 heterocycles. The summed E-state index contributed by atoms with van der Waals surface area (Å²) in [6.45, 7) is 1.30. The van der Waals surface area contributed by atoms with Gasteiger partial charge in [-0.25, -0.2) is 0 Å². The van der Waals surface area contributed by atoms with E-state index in [9.17, 15) is 9.00 Å². The van der Waals surface area contributed by atoms with Crippen LogP contribution in [0.1, 0.15) is 6.92 Å². The molecular weight excluding hydrogens is 100 g/mol. The average Bonchev–Trinajstić information content (AvgIpc) is 1.36. The summed E-state index contributed by atoms with van der Waals surface area (Å²) in [5, 5.41) is -0.269. The van der Waals surface area contributed by atoms with Gasteiger partial charge in [-0.1, -0.05) is 0 Å². The van der Waals surface area contributed by atoms with Gasteiger partial charge in [0.15, 0.2) is 0 Å². The van der Waals surface area contributed by atoms with Crippen LogP contribution in [-0.4, -0.2) is 15.6 Å². The third-order valence-corrected chi connectivity index (χ3v) is 1.21. The predicted molar refractivity (Wildman–Crippen MR) is 24.7 cm³/mol. The van der Waals surface area contributed by atoms with Crippen molar-refractivity contribution in [1.82, 2.24) is 0 Å². The molecule has 0 aromatic heterocycles. The summed E-state index contributed by atoms with van der Waals surface area (Å²) in [5.41, 5.74) is 0. The molecule has 0 saturated carbocycles. The van der Waals surface area contributed by atoms with Crippen LogP contribution in [0, 0.1) is 0 Å². The Labute approximate surface area is 39.0 Å². The highest BCUT2D eigenvalue weighted by Gasteiger charge is 1.91. The molecule has 1 unspecified atom stereocenters. The molecule has 0 aliphatic rings. The third kappa shape index (κ3) is 2.08. The molecule has 0 aliphatic carbocycles. The van der Waals surface area contributed by atoms with Gasteiger partial charge in [0.25, 0.3) is 0 Å². The first kappa shape index (κ1) is 5.82. The zero-order chi connectivity index (χ0) is 5.15. The number of hydrogen-bond donors (Lipinski definition) is 0. The van der Waals surface area contributed by atoms with E-state index in [0.29, 0.717) is 0 Å². The Morgan fingerprint density at radius 2 is 1.83 bits per heavy atom. The monoisotopic (exact) mass is 106 g/mol. The van der Waals surface area contributed by atoms with E-state index in [1.54, 1.807) is 0 Å². The van der Waals surface area contributed by atoms with Crippen LogP contribution in [0.15, 0.2) is 0 Å². The lowest BCUT2D eigenvalue weighted by Gasteiger charge is -1.75. The molecule has 0 rings (SSSR count). The van der Waals surface area contributed by atoms with Crippen LogP contribution in [0.5, 0.6) is 0 Å². The average molecular weight is 106 g/mol. The molecule has 0 fully saturated rings. The fourth-order valence-electron chi connectivity index (χ4n) is 0. The Bertz CT molecular complexity index is 74.8. The Hall–Kier alpha value is -0.180. The molecular formula is C3H6O2S. The molecule has 0 aromatic carbocycles. The van der Waals surface area contributed by atoms with E-state index in [2.05, 4.69) is 0 Å². The lowest BCUT2D eigenvalue weighted by Crippen LogP contribution is -1.96. The molecule has 0 N–H and O–H groups in total. The molecule has 0 bridgehead atoms. The molecule has 0 amide bonds. The second-order valence-electron chi connectivity index (χ2n) is 0.946. The van der Waals surface area contributed by atoms with E-state index in [-0.39, 0.29) is 5.12 Å². The number of carbonyl (C=O) groups is 1. The maximum atomic E-state index is 9.91. The number of carbonyl (C=O) groups excluding carboxylic acids is 1. The summed E-state index contributed by atoms with van der Waals surface area (Å²) < 4.78 is 9.91. The minimum absolute atomic E-state index is 0.269. The molecule has 36 valence electrons. The molecule has 0 radical (unpaired) electrons. The largest absolute Gasteiger partial charge is 0.285 e. The Morgan fingerprint density at radius 1 is 1.67 bits per heavy atom. The van der Waals surface area contributed by atoms with E-state index in [1.807, 2.05) is 0 Å². The van der Waals surface area contributed by atoms with Crippen molar-refractivity contribution < 1.29 is 9.00 Å². The van der Waals surface area contributed by atoms with Gasteiger partial charge in [-0.15, -0.1) is 0 Å². The van der Waals surface area contributed by atoms with Crippen molar-refractivity contribution in [3.8, 4) is 0 Å². The fraction of sp³-hybridized carbons (Fsp3) is 0.667. The smallest absolute Gasteiger partial charge is 0.215 e. The van der Waals surface area contributed by atoms with Crippen LogP contribution < -0.4 is 0 Å². The predicted octanol–water partition coefficient (Wildman–Crippen LogP) is -0.0886. The zero-order valence-electron chi connectivity index (χ0n) is 3.72. The maximum absolute atomic E-state index is 9.91. The Morgan fingerprint density at radius 3 is 1.83 bits per heavy atom. The molecule has 0 aromatic rings. The SMILES string of the molecule is CC(=O)S(C)=O. The van der Waals surface area contributed by atoms with Crippen LogP contribution in [0.4, 0.5) is 0 Å². The van der Waals surface area contributed by atoms with Crippen molar-refractivity contribution in [3.05, 3.63) is 0 Å². The lowest BCUT2D eigenvalue weighted by molar-refractivity contribution is -0.109. The fourth-order valence-corrected chi connectivity index (χ4v) is 0. The van der Waals surface area contributed by atoms with Crippen LogP contribution in [0.25, 0.3) is 0 Å². The van der Waals surface area contributed by atoms with Crippen LogP contribution >= 0.6 is 0 Å². The molecule has 0 spiro atoms. The normalized spacial score (nSPS) is 13.7. The first-order chi connectivity index (χ1) is 2.64. The molecule has 0 saturated heterocycles. The number of hydrogen-bond acceptors (Lipinski definition) is 2. The van der Waals surface area contributed by atoms with Crippen molar-refractivity contribution >= 4 is 15.9 Å². The zero-order valence-corrected chi connectivity index (χ0v) is 4.54. The number of rotatable bonds is 0. The van der Waals surface area contributed by atoms with Gasteiger partial charge in [-0.2, -0.15) is 0 Å². The van der Waals surface area contributed by atoms with Crippen molar-refractivity contribution in [2.45, 2.75) is 6.92 Å².